The first kappa shape index (κ1) is 13.8. The van der Waals surface area contributed by atoms with E-state index in [2.05, 4.69) is 11.1 Å². The summed E-state index contributed by atoms with van der Waals surface area (Å²) in [6.45, 7) is 5.36. The summed E-state index contributed by atoms with van der Waals surface area (Å²) < 4.78 is 5.32. The highest BCUT2D eigenvalue weighted by Crippen LogP contribution is 2.11. The molecule has 0 atom stereocenters. The van der Waals surface area contributed by atoms with Gasteiger partial charge in [0.05, 0.1) is 24.8 Å². The summed E-state index contributed by atoms with van der Waals surface area (Å²) in [6.07, 6.45) is 1.85. The number of aromatic nitrogens is 1. The van der Waals surface area contributed by atoms with E-state index in [0.29, 0.717) is 0 Å². The molecule has 0 aromatic carbocycles. The molecule has 90 valence electrons. The molecular formula is C11H17ClN2OS. The van der Waals surface area contributed by atoms with Gasteiger partial charge in [-0.15, -0.1) is 11.8 Å². The van der Waals surface area contributed by atoms with E-state index in [4.69, 9.17) is 4.74 Å². The van der Waals surface area contributed by atoms with Crippen LogP contribution in [0.1, 0.15) is 0 Å². The number of quaternary nitrogens is 1. The number of rotatable bonds is 4. The molecule has 1 aromatic heterocycles. The van der Waals surface area contributed by atoms with Gasteiger partial charge in [-0.2, -0.15) is 0 Å². The van der Waals surface area contributed by atoms with Crippen LogP contribution in [0.15, 0.2) is 29.4 Å². The number of ether oxygens (including phenoxy) is 1. The molecule has 2 heterocycles. The molecule has 16 heavy (non-hydrogen) atoms. The second kappa shape index (κ2) is 7.90. The Bertz CT molecular complexity index is 281. The Morgan fingerprint density at radius 1 is 1.31 bits per heavy atom. The van der Waals surface area contributed by atoms with E-state index < -0.39 is 0 Å². The number of halogens is 1. The van der Waals surface area contributed by atoms with Gasteiger partial charge in [0, 0.05) is 11.9 Å². The van der Waals surface area contributed by atoms with Gasteiger partial charge in [-0.3, -0.25) is 0 Å². The SMILES string of the molecule is [Cl-].c1ccc(SCC[NH+]2CCOCC2)nc1. The van der Waals surface area contributed by atoms with E-state index in [1.807, 2.05) is 30.1 Å². The Kier molecular flexibility index (Phi) is 6.80. The third kappa shape index (κ3) is 4.70. The summed E-state index contributed by atoms with van der Waals surface area (Å²) in [5.74, 6) is 1.15. The zero-order chi connectivity index (χ0) is 10.3. The van der Waals surface area contributed by atoms with Crippen LogP contribution in [0.3, 0.4) is 0 Å². The van der Waals surface area contributed by atoms with Crippen molar-refractivity contribution < 1.29 is 22.0 Å². The van der Waals surface area contributed by atoms with Crippen LogP contribution in [0.25, 0.3) is 0 Å². The van der Waals surface area contributed by atoms with Crippen LogP contribution in [0, 0.1) is 0 Å². The average molecular weight is 261 g/mol. The van der Waals surface area contributed by atoms with Gasteiger partial charge >= 0.3 is 0 Å². The topological polar surface area (TPSA) is 26.6 Å². The summed E-state index contributed by atoms with van der Waals surface area (Å²) in [6, 6.07) is 6.06. The van der Waals surface area contributed by atoms with Crippen molar-refractivity contribution in [2.45, 2.75) is 5.03 Å². The van der Waals surface area contributed by atoms with E-state index in [1.54, 1.807) is 4.90 Å². The molecule has 5 heteroatoms. The van der Waals surface area contributed by atoms with Crippen LogP contribution in [-0.4, -0.2) is 43.6 Å². The Balaban J connectivity index is 0.00000128. The van der Waals surface area contributed by atoms with Crippen molar-refractivity contribution in [3.05, 3.63) is 24.4 Å². The maximum Gasteiger partial charge on any atom is 0.101 e. The number of nitrogens with one attached hydrogen (secondary N) is 1. The quantitative estimate of drug-likeness (QED) is 0.589. The van der Waals surface area contributed by atoms with Crippen LogP contribution in [-0.2, 0) is 4.74 Å². The van der Waals surface area contributed by atoms with Gasteiger partial charge in [0.1, 0.15) is 13.1 Å². The number of pyridine rings is 1. The molecule has 1 aliphatic rings. The van der Waals surface area contributed by atoms with Gasteiger partial charge in [-0.1, -0.05) is 6.07 Å². The molecule has 1 N–H and O–H groups in total. The molecule has 0 bridgehead atoms. The van der Waals surface area contributed by atoms with Crippen molar-refractivity contribution in [1.82, 2.24) is 4.98 Å². The predicted molar refractivity (Wildman–Crippen MR) is 61.3 cm³/mol. The van der Waals surface area contributed by atoms with Gasteiger partial charge in [0.15, 0.2) is 0 Å². The average Bonchev–Trinajstić information content (AvgIpc) is 2.32. The van der Waals surface area contributed by atoms with Gasteiger partial charge < -0.3 is 22.0 Å². The molecule has 1 saturated heterocycles. The van der Waals surface area contributed by atoms with Crippen molar-refractivity contribution in [2.24, 2.45) is 0 Å². The first-order valence-corrected chi connectivity index (χ1v) is 6.39. The van der Waals surface area contributed by atoms with Gasteiger partial charge in [0.2, 0.25) is 0 Å². The smallest absolute Gasteiger partial charge is 0.101 e. The normalized spacial score (nSPS) is 16.8. The first-order valence-electron chi connectivity index (χ1n) is 5.40. The van der Waals surface area contributed by atoms with Crippen LogP contribution in [0.2, 0.25) is 0 Å². The van der Waals surface area contributed by atoms with Crippen molar-refractivity contribution in [1.29, 1.82) is 0 Å². The van der Waals surface area contributed by atoms with E-state index >= 15 is 0 Å². The predicted octanol–water partition coefficient (Wildman–Crippen LogP) is -2.91. The minimum Gasteiger partial charge on any atom is -1.00 e. The number of morpholine rings is 1. The lowest BCUT2D eigenvalue weighted by Gasteiger charge is -2.23. The lowest BCUT2D eigenvalue weighted by Crippen LogP contribution is -3.14. The Hall–Kier alpha value is -0.290. The fourth-order valence-corrected chi connectivity index (χ4v) is 2.55. The largest absolute Gasteiger partial charge is 1.00 e. The first-order chi connectivity index (χ1) is 7.45. The van der Waals surface area contributed by atoms with Crippen LogP contribution in [0.4, 0.5) is 0 Å². The van der Waals surface area contributed by atoms with Crippen molar-refractivity contribution in [3.8, 4) is 0 Å². The fraction of sp³-hybridized carbons (Fsp3) is 0.545. The Morgan fingerprint density at radius 2 is 2.12 bits per heavy atom. The molecule has 1 fully saturated rings. The summed E-state index contributed by atoms with van der Waals surface area (Å²) >= 11 is 1.84. The minimum atomic E-state index is 0. The van der Waals surface area contributed by atoms with Crippen molar-refractivity contribution >= 4 is 11.8 Å². The molecule has 3 nitrogen and oxygen atoms in total. The van der Waals surface area contributed by atoms with Crippen molar-refractivity contribution in [2.75, 3.05) is 38.6 Å². The lowest BCUT2D eigenvalue weighted by atomic mass is 10.4. The summed E-state index contributed by atoms with van der Waals surface area (Å²) in [5, 5.41) is 1.13. The molecule has 0 aliphatic carbocycles. The highest BCUT2D eigenvalue weighted by atomic mass is 35.5. The third-order valence-electron chi connectivity index (χ3n) is 2.54. The molecule has 0 radical (unpaired) electrons. The zero-order valence-corrected chi connectivity index (χ0v) is 10.8. The number of hydrogen-bond donors (Lipinski definition) is 1. The number of nitrogens with zero attached hydrogens (tertiary/aromatic N) is 1. The van der Waals surface area contributed by atoms with E-state index in [0.717, 1.165) is 37.1 Å². The lowest BCUT2D eigenvalue weighted by molar-refractivity contribution is -0.905. The van der Waals surface area contributed by atoms with Crippen LogP contribution < -0.4 is 17.3 Å². The fourth-order valence-electron chi connectivity index (χ4n) is 1.64. The Labute approximate surface area is 107 Å². The minimum absolute atomic E-state index is 0. The van der Waals surface area contributed by atoms with Crippen LogP contribution >= 0.6 is 11.8 Å². The molecule has 2 rings (SSSR count). The maximum atomic E-state index is 5.32. The van der Waals surface area contributed by atoms with E-state index in [-0.39, 0.29) is 12.4 Å². The monoisotopic (exact) mass is 260 g/mol. The highest BCUT2D eigenvalue weighted by molar-refractivity contribution is 7.99. The molecule has 0 amide bonds. The highest BCUT2D eigenvalue weighted by Gasteiger charge is 2.12. The molecule has 1 aliphatic heterocycles. The van der Waals surface area contributed by atoms with Gasteiger partial charge in [0.25, 0.3) is 0 Å². The summed E-state index contributed by atoms with van der Waals surface area (Å²) in [5.41, 5.74) is 0. The zero-order valence-electron chi connectivity index (χ0n) is 9.19. The third-order valence-corrected chi connectivity index (χ3v) is 3.49. The standard InChI is InChI=1S/C11H16N2OS.ClH/c1-2-4-12-11(3-1)15-10-7-13-5-8-14-9-6-13;/h1-4H,5-10H2;1H. The van der Waals surface area contributed by atoms with Crippen LogP contribution in [0.5, 0.6) is 0 Å². The molecular weight excluding hydrogens is 244 g/mol. The summed E-state index contributed by atoms with van der Waals surface area (Å²) in [7, 11) is 0. The summed E-state index contributed by atoms with van der Waals surface area (Å²) in [4.78, 5) is 5.95. The molecule has 0 unspecified atom stereocenters. The van der Waals surface area contributed by atoms with E-state index in [9.17, 15) is 0 Å². The van der Waals surface area contributed by atoms with Crippen molar-refractivity contribution in [3.63, 3.8) is 0 Å². The number of thioether (sulfide) groups is 1. The number of hydrogen-bond acceptors (Lipinski definition) is 3. The second-order valence-electron chi connectivity index (χ2n) is 3.63. The van der Waals surface area contributed by atoms with Gasteiger partial charge in [-0.25, -0.2) is 4.98 Å². The van der Waals surface area contributed by atoms with Gasteiger partial charge in [-0.05, 0) is 12.1 Å². The van der Waals surface area contributed by atoms with E-state index in [1.165, 1.54) is 6.54 Å². The molecule has 1 aromatic rings. The Morgan fingerprint density at radius 3 is 2.81 bits per heavy atom. The molecule has 0 saturated carbocycles. The molecule has 0 spiro atoms. The maximum absolute atomic E-state index is 5.32. The second-order valence-corrected chi connectivity index (χ2v) is 4.74.